The lowest BCUT2D eigenvalue weighted by atomic mass is 10.1. The van der Waals surface area contributed by atoms with Crippen LogP contribution in [0.3, 0.4) is 0 Å². The van der Waals surface area contributed by atoms with E-state index in [1.54, 1.807) is 12.1 Å². The summed E-state index contributed by atoms with van der Waals surface area (Å²) in [6.45, 7) is -0.418. The Bertz CT molecular complexity index is 491. The van der Waals surface area contributed by atoms with E-state index in [-0.39, 0.29) is 0 Å². The second kappa shape index (κ2) is 4.00. The van der Waals surface area contributed by atoms with Gasteiger partial charge in [-0.2, -0.15) is 0 Å². The van der Waals surface area contributed by atoms with Gasteiger partial charge in [0.25, 0.3) is 0 Å². The van der Waals surface area contributed by atoms with Gasteiger partial charge in [-0.05, 0) is 22.9 Å². The van der Waals surface area contributed by atoms with Crippen molar-refractivity contribution in [3.8, 4) is 5.75 Å². The largest absolute Gasteiger partial charge is 0.482 e. The zero-order valence-electron chi connectivity index (χ0n) is 7.97. The smallest absolute Gasteiger partial charge is 0.392 e. The zero-order valence-corrected chi connectivity index (χ0v) is 7.97. The Balaban J connectivity index is 2.26. The van der Waals surface area contributed by atoms with E-state index in [0.29, 0.717) is 5.75 Å². The fourth-order valence-electron chi connectivity index (χ4n) is 1.40. The van der Waals surface area contributed by atoms with Crippen molar-refractivity contribution < 1.29 is 14.6 Å². The van der Waals surface area contributed by atoms with Crippen LogP contribution in [0.15, 0.2) is 42.5 Å². The minimum absolute atomic E-state index is 0.418. The third-order valence-corrected chi connectivity index (χ3v) is 2.08. The molecule has 75 valence electrons. The third kappa shape index (κ3) is 2.26. The first kappa shape index (κ1) is 9.52. The number of hydrogen-bond acceptors (Lipinski definition) is 2. The van der Waals surface area contributed by atoms with Crippen LogP contribution < -0.4 is 4.74 Å². The van der Waals surface area contributed by atoms with Gasteiger partial charge in [-0.3, -0.25) is 0 Å². The van der Waals surface area contributed by atoms with E-state index < -0.39 is 12.6 Å². The van der Waals surface area contributed by atoms with Crippen molar-refractivity contribution in [2.75, 3.05) is 6.61 Å². The first-order valence-corrected chi connectivity index (χ1v) is 4.57. The molecule has 0 bridgehead atoms. The van der Waals surface area contributed by atoms with Crippen LogP contribution in [0.2, 0.25) is 0 Å². The Labute approximate surface area is 86.9 Å². The lowest BCUT2D eigenvalue weighted by Gasteiger charge is -2.03. The molecule has 3 heteroatoms. The molecule has 2 aromatic rings. The third-order valence-electron chi connectivity index (χ3n) is 2.08. The standard InChI is InChI=1S/C12H9O3/c13-12(14)8-15-11-6-5-9-3-1-2-4-10(9)7-11/h1-7H,8H2. The first-order chi connectivity index (χ1) is 7.25. The van der Waals surface area contributed by atoms with E-state index in [1.165, 1.54) is 0 Å². The zero-order chi connectivity index (χ0) is 10.7. The predicted molar refractivity (Wildman–Crippen MR) is 55.1 cm³/mol. The number of carbonyl (C=O) groups excluding carboxylic acids is 1. The maximum absolute atomic E-state index is 10.2. The summed E-state index contributed by atoms with van der Waals surface area (Å²) in [6.07, 6.45) is 0. The van der Waals surface area contributed by atoms with Crippen molar-refractivity contribution in [3.63, 3.8) is 0 Å². The molecule has 0 heterocycles. The van der Waals surface area contributed by atoms with Crippen molar-refractivity contribution in [3.05, 3.63) is 42.5 Å². The summed E-state index contributed by atoms with van der Waals surface area (Å²) in [5.41, 5.74) is 0. The minimum atomic E-state index is -1.22. The molecule has 0 aliphatic rings. The molecule has 0 amide bonds. The first-order valence-electron chi connectivity index (χ1n) is 4.57. The van der Waals surface area contributed by atoms with E-state index in [1.807, 2.05) is 30.3 Å². The number of benzene rings is 2. The fourth-order valence-corrected chi connectivity index (χ4v) is 1.40. The molecular weight excluding hydrogens is 192 g/mol. The molecule has 0 fully saturated rings. The van der Waals surface area contributed by atoms with Crippen LogP contribution in [0.25, 0.3) is 10.8 Å². The van der Waals surface area contributed by atoms with Crippen molar-refractivity contribution in [1.82, 2.24) is 0 Å². The Morgan fingerprint density at radius 3 is 2.53 bits per heavy atom. The van der Waals surface area contributed by atoms with Gasteiger partial charge < -0.3 is 4.74 Å². The Morgan fingerprint density at radius 1 is 1.07 bits per heavy atom. The molecule has 0 aromatic heterocycles. The van der Waals surface area contributed by atoms with Crippen LogP contribution in [0, 0.1) is 0 Å². The Morgan fingerprint density at radius 2 is 1.80 bits per heavy atom. The molecule has 0 aliphatic carbocycles. The quantitative estimate of drug-likeness (QED) is 0.764. The summed E-state index contributed by atoms with van der Waals surface area (Å²) in [5, 5.41) is 12.3. The highest BCUT2D eigenvalue weighted by Gasteiger charge is 2.01. The second-order valence-corrected chi connectivity index (χ2v) is 3.17. The van der Waals surface area contributed by atoms with E-state index in [9.17, 15) is 9.90 Å². The molecule has 2 rings (SSSR count). The molecule has 0 atom stereocenters. The van der Waals surface area contributed by atoms with Gasteiger partial charge in [0.05, 0.1) is 0 Å². The molecule has 0 spiro atoms. The molecule has 0 aliphatic heterocycles. The number of ether oxygens (including phenoxy) is 1. The highest BCUT2D eigenvalue weighted by atomic mass is 16.5. The Kier molecular flexibility index (Phi) is 2.54. The lowest BCUT2D eigenvalue weighted by Crippen LogP contribution is -2.07. The summed E-state index contributed by atoms with van der Waals surface area (Å²) in [4.78, 5) is 10.2. The average molecular weight is 201 g/mol. The summed E-state index contributed by atoms with van der Waals surface area (Å²) in [6, 6.07) is 13.2. The van der Waals surface area contributed by atoms with Crippen LogP contribution >= 0.6 is 0 Å². The monoisotopic (exact) mass is 201 g/mol. The highest BCUT2D eigenvalue weighted by molar-refractivity contribution is 5.83. The summed E-state index contributed by atoms with van der Waals surface area (Å²) in [7, 11) is 0. The van der Waals surface area contributed by atoms with E-state index >= 15 is 0 Å². The van der Waals surface area contributed by atoms with Gasteiger partial charge in [0, 0.05) is 0 Å². The van der Waals surface area contributed by atoms with Gasteiger partial charge in [0.2, 0.25) is 0 Å². The number of carbonyl (C=O) groups is 1. The highest BCUT2D eigenvalue weighted by Crippen LogP contribution is 2.20. The van der Waals surface area contributed by atoms with Gasteiger partial charge in [-0.15, -0.1) is 0 Å². The molecule has 1 radical (unpaired) electrons. The summed E-state index contributed by atoms with van der Waals surface area (Å²) in [5.74, 6) is -0.680. The van der Waals surface area contributed by atoms with Gasteiger partial charge in [0.15, 0.2) is 6.61 Å². The SMILES string of the molecule is [O]C(=O)COc1ccc2ccccc2c1. The fraction of sp³-hybridized carbons (Fsp3) is 0.0833. The van der Waals surface area contributed by atoms with E-state index in [2.05, 4.69) is 0 Å². The van der Waals surface area contributed by atoms with Gasteiger partial charge in [-0.1, -0.05) is 30.3 Å². The van der Waals surface area contributed by atoms with Gasteiger partial charge >= 0.3 is 5.97 Å². The molecule has 0 unspecified atom stereocenters. The topological polar surface area (TPSA) is 46.2 Å². The van der Waals surface area contributed by atoms with Crippen molar-refractivity contribution in [1.29, 1.82) is 0 Å². The molecule has 0 saturated carbocycles. The summed E-state index contributed by atoms with van der Waals surface area (Å²) >= 11 is 0. The minimum Gasteiger partial charge on any atom is -0.482 e. The van der Waals surface area contributed by atoms with Crippen molar-refractivity contribution >= 4 is 16.7 Å². The van der Waals surface area contributed by atoms with Gasteiger partial charge in [-0.25, -0.2) is 9.90 Å². The number of fused-ring (bicyclic) bond motifs is 1. The van der Waals surface area contributed by atoms with Crippen LogP contribution in [0.5, 0.6) is 5.75 Å². The van der Waals surface area contributed by atoms with Gasteiger partial charge in [0.1, 0.15) is 5.75 Å². The molecular formula is C12H9O3. The van der Waals surface area contributed by atoms with E-state index in [4.69, 9.17) is 4.74 Å². The van der Waals surface area contributed by atoms with Crippen LogP contribution in [0.1, 0.15) is 0 Å². The second-order valence-electron chi connectivity index (χ2n) is 3.17. The summed E-state index contributed by atoms with van der Waals surface area (Å²) < 4.78 is 5.01. The normalized spacial score (nSPS) is 10.1. The molecule has 0 N–H and O–H groups in total. The van der Waals surface area contributed by atoms with Crippen molar-refractivity contribution in [2.45, 2.75) is 0 Å². The van der Waals surface area contributed by atoms with Crippen LogP contribution in [0.4, 0.5) is 0 Å². The number of hydrogen-bond donors (Lipinski definition) is 0. The maximum atomic E-state index is 10.2. The average Bonchev–Trinajstić information content (AvgIpc) is 2.26. The molecule has 2 aromatic carbocycles. The molecule has 15 heavy (non-hydrogen) atoms. The Hall–Kier alpha value is -2.03. The number of rotatable bonds is 3. The van der Waals surface area contributed by atoms with Crippen LogP contribution in [-0.4, -0.2) is 12.6 Å². The molecule has 0 saturated heterocycles. The molecule has 3 nitrogen and oxygen atoms in total. The van der Waals surface area contributed by atoms with Crippen molar-refractivity contribution in [2.24, 2.45) is 0 Å². The predicted octanol–water partition coefficient (Wildman–Crippen LogP) is 2.18. The maximum Gasteiger partial charge on any atom is 0.392 e. The lowest BCUT2D eigenvalue weighted by molar-refractivity contribution is -0.145. The van der Waals surface area contributed by atoms with Crippen LogP contribution in [-0.2, 0) is 9.90 Å². The van der Waals surface area contributed by atoms with E-state index in [0.717, 1.165) is 10.8 Å².